The lowest BCUT2D eigenvalue weighted by molar-refractivity contribution is 0.311. The molecule has 0 radical (unpaired) electrons. The minimum Gasteiger partial charge on any atom is -0.395 e. The van der Waals surface area contributed by atoms with Crippen molar-refractivity contribution in [1.29, 1.82) is 0 Å². The molecule has 0 aliphatic carbocycles. The molecule has 0 spiro atoms. The number of aromatic nitrogens is 3. The second kappa shape index (κ2) is 11.8. The Morgan fingerprint density at radius 3 is 2.68 bits per heavy atom. The van der Waals surface area contributed by atoms with E-state index in [1.807, 2.05) is 12.3 Å². The van der Waals surface area contributed by atoms with E-state index >= 15 is 0 Å². The van der Waals surface area contributed by atoms with Gasteiger partial charge in [0, 0.05) is 42.3 Å². The van der Waals surface area contributed by atoms with E-state index in [-0.39, 0.29) is 12.0 Å². The van der Waals surface area contributed by atoms with Gasteiger partial charge in [-0.1, -0.05) is 47.5 Å². The number of fused-ring (bicyclic) bond motifs is 1. The van der Waals surface area contributed by atoms with Gasteiger partial charge in [0.2, 0.25) is 0 Å². The number of pyridine rings is 1. The van der Waals surface area contributed by atoms with Crippen LogP contribution in [0.15, 0.2) is 39.8 Å². The van der Waals surface area contributed by atoms with Crippen molar-refractivity contribution < 1.29 is 5.11 Å². The largest absolute Gasteiger partial charge is 0.395 e. The maximum atomic E-state index is 9.01. The number of hydrogen-bond acceptors (Lipinski definition) is 6. The normalized spacial score (nSPS) is 12.8. The van der Waals surface area contributed by atoms with Crippen LogP contribution in [0, 0.1) is 5.92 Å². The van der Waals surface area contributed by atoms with Crippen LogP contribution in [0.3, 0.4) is 0 Å². The van der Waals surface area contributed by atoms with Crippen molar-refractivity contribution in [3.05, 3.63) is 40.8 Å². The number of hydrogen-bond donors (Lipinski definition) is 2. The highest BCUT2D eigenvalue weighted by molar-refractivity contribution is 9.10. The lowest BCUT2D eigenvalue weighted by Gasteiger charge is -2.22. The van der Waals surface area contributed by atoms with Crippen molar-refractivity contribution in [2.24, 2.45) is 5.92 Å². The molecule has 8 heteroatoms. The summed E-state index contributed by atoms with van der Waals surface area (Å²) in [5.74, 6) is 2.51. The molecule has 0 bridgehead atoms. The number of unbranched alkanes of at least 4 members (excludes halogenated alkanes) is 1. The van der Waals surface area contributed by atoms with E-state index in [0.717, 1.165) is 38.8 Å². The standard InChI is InChI=1S/C26H38BrN5OS/c1-7-8-9-18(2)17-32-23-11-10-19(14-22(23)30-25(32)26(3,4)5)31(6)34-20-15-21(27)24(29-16-20)28-12-13-33/h10-11,14-16,18,33H,7-9,12-13,17H2,1-6H3,(H,28,29). The molecule has 186 valence electrons. The van der Waals surface area contributed by atoms with Gasteiger partial charge in [-0.05, 0) is 64.5 Å². The fourth-order valence-electron chi connectivity index (χ4n) is 4.01. The van der Waals surface area contributed by atoms with Gasteiger partial charge < -0.3 is 19.3 Å². The van der Waals surface area contributed by atoms with Crippen LogP contribution in [0.25, 0.3) is 11.0 Å². The van der Waals surface area contributed by atoms with Crippen LogP contribution in [0.2, 0.25) is 0 Å². The molecule has 1 aromatic carbocycles. The monoisotopic (exact) mass is 547 g/mol. The van der Waals surface area contributed by atoms with E-state index < -0.39 is 0 Å². The molecule has 1 atom stereocenters. The molecule has 0 aliphatic rings. The summed E-state index contributed by atoms with van der Waals surface area (Å²) in [4.78, 5) is 10.6. The van der Waals surface area contributed by atoms with Crippen LogP contribution in [-0.4, -0.2) is 39.8 Å². The van der Waals surface area contributed by atoms with Gasteiger partial charge in [0.05, 0.1) is 22.1 Å². The summed E-state index contributed by atoms with van der Waals surface area (Å²) in [7, 11) is 2.06. The molecule has 0 aliphatic heterocycles. The number of aliphatic hydroxyl groups is 1. The van der Waals surface area contributed by atoms with Gasteiger partial charge in [0.1, 0.15) is 11.6 Å². The highest BCUT2D eigenvalue weighted by Gasteiger charge is 2.24. The second-order valence-electron chi connectivity index (χ2n) is 9.96. The zero-order valence-electron chi connectivity index (χ0n) is 21.2. The third-order valence-electron chi connectivity index (χ3n) is 5.77. The molecule has 34 heavy (non-hydrogen) atoms. The Morgan fingerprint density at radius 2 is 2.03 bits per heavy atom. The highest BCUT2D eigenvalue weighted by atomic mass is 79.9. The maximum Gasteiger partial charge on any atom is 0.140 e. The van der Waals surface area contributed by atoms with E-state index in [4.69, 9.17) is 10.1 Å². The molecule has 3 aromatic rings. The van der Waals surface area contributed by atoms with Crippen molar-refractivity contribution in [3.63, 3.8) is 0 Å². The van der Waals surface area contributed by atoms with E-state index in [1.165, 1.54) is 24.8 Å². The van der Waals surface area contributed by atoms with Crippen LogP contribution >= 0.6 is 27.9 Å². The quantitative estimate of drug-likeness (QED) is 0.255. The van der Waals surface area contributed by atoms with Gasteiger partial charge in [-0.2, -0.15) is 0 Å². The van der Waals surface area contributed by atoms with Crippen molar-refractivity contribution >= 4 is 50.4 Å². The van der Waals surface area contributed by atoms with Gasteiger partial charge in [-0.15, -0.1) is 0 Å². The molecule has 0 fully saturated rings. The first-order chi connectivity index (χ1) is 16.1. The van der Waals surface area contributed by atoms with Crippen LogP contribution < -0.4 is 9.62 Å². The van der Waals surface area contributed by atoms with Gasteiger partial charge in [-0.3, -0.25) is 0 Å². The Morgan fingerprint density at radius 1 is 1.26 bits per heavy atom. The van der Waals surface area contributed by atoms with Gasteiger partial charge in [0.15, 0.2) is 0 Å². The second-order valence-corrected chi connectivity index (χ2v) is 12.0. The molecule has 0 saturated heterocycles. The van der Waals surface area contributed by atoms with Crippen molar-refractivity contribution in [2.45, 2.75) is 70.7 Å². The van der Waals surface area contributed by atoms with E-state index in [0.29, 0.717) is 12.5 Å². The summed E-state index contributed by atoms with van der Waals surface area (Å²) in [6.07, 6.45) is 5.60. The first-order valence-electron chi connectivity index (χ1n) is 12.1. The zero-order chi connectivity index (χ0) is 24.9. The summed E-state index contributed by atoms with van der Waals surface area (Å²) >= 11 is 5.19. The van der Waals surface area contributed by atoms with E-state index in [1.54, 1.807) is 11.9 Å². The summed E-state index contributed by atoms with van der Waals surface area (Å²) in [6, 6.07) is 8.61. The summed E-state index contributed by atoms with van der Waals surface area (Å²) in [6.45, 7) is 12.9. The number of rotatable bonds is 11. The fourth-order valence-corrected chi connectivity index (χ4v) is 5.46. The molecule has 2 aromatic heterocycles. The van der Waals surface area contributed by atoms with E-state index in [2.05, 4.69) is 95.0 Å². The Kier molecular flexibility index (Phi) is 9.29. The molecular weight excluding hydrogens is 510 g/mol. The Balaban J connectivity index is 1.84. The Bertz CT molecular complexity index is 1090. The molecule has 2 heterocycles. The van der Waals surface area contributed by atoms with Crippen LogP contribution in [0.4, 0.5) is 11.5 Å². The van der Waals surface area contributed by atoms with Crippen LogP contribution in [0.5, 0.6) is 0 Å². The zero-order valence-corrected chi connectivity index (χ0v) is 23.6. The summed E-state index contributed by atoms with van der Waals surface area (Å²) < 4.78 is 5.45. The van der Waals surface area contributed by atoms with Crippen LogP contribution in [0.1, 0.15) is 59.7 Å². The van der Waals surface area contributed by atoms with Crippen molar-refractivity contribution in [1.82, 2.24) is 14.5 Å². The first-order valence-corrected chi connectivity index (χ1v) is 13.6. The smallest absolute Gasteiger partial charge is 0.140 e. The van der Waals surface area contributed by atoms with Crippen molar-refractivity contribution in [3.8, 4) is 0 Å². The Labute approximate surface area is 216 Å². The third-order valence-corrected chi connectivity index (χ3v) is 7.30. The topological polar surface area (TPSA) is 66.2 Å². The summed E-state index contributed by atoms with van der Waals surface area (Å²) in [5.41, 5.74) is 3.33. The molecular formula is C26H38BrN5OS. The lowest BCUT2D eigenvalue weighted by Crippen LogP contribution is -2.21. The average Bonchev–Trinajstić information content (AvgIpc) is 3.15. The van der Waals surface area contributed by atoms with Crippen molar-refractivity contribution in [2.75, 3.05) is 29.8 Å². The molecule has 0 amide bonds. The maximum absolute atomic E-state index is 9.01. The Hall–Kier alpha value is -1.77. The number of nitrogens with one attached hydrogen (secondary N) is 1. The third kappa shape index (κ3) is 6.67. The number of halogens is 1. The lowest BCUT2D eigenvalue weighted by atomic mass is 9.95. The molecule has 0 saturated carbocycles. The number of imidazole rings is 1. The fraction of sp³-hybridized carbons (Fsp3) is 0.538. The average molecular weight is 549 g/mol. The molecule has 2 N–H and O–H groups in total. The van der Waals surface area contributed by atoms with Gasteiger partial charge >= 0.3 is 0 Å². The van der Waals surface area contributed by atoms with Gasteiger partial charge in [0.25, 0.3) is 0 Å². The van der Waals surface area contributed by atoms with Gasteiger partial charge in [-0.25, -0.2) is 9.97 Å². The number of nitrogens with zero attached hydrogens (tertiary/aromatic N) is 4. The summed E-state index contributed by atoms with van der Waals surface area (Å²) in [5, 5.41) is 12.1. The number of aliphatic hydroxyl groups excluding tert-OH is 1. The molecule has 1 unspecified atom stereocenters. The SMILES string of the molecule is CCCCC(C)Cn1c(C(C)(C)C)nc2cc(N(C)Sc3cnc(NCCO)c(Br)c3)ccc21. The number of benzene rings is 1. The first kappa shape index (κ1) is 26.8. The predicted molar refractivity (Wildman–Crippen MR) is 149 cm³/mol. The number of anilines is 2. The van der Waals surface area contributed by atoms with E-state index in [9.17, 15) is 0 Å². The predicted octanol–water partition coefficient (Wildman–Crippen LogP) is 6.87. The molecule has 6 nitrogen and oxygen atoms in total. The highest BCUT2D eigenvalue weighted by Crippen LogP contribution is 2.34. The minimum atomic E-state index is -0.0198. The molecule has 3 rings (SSSR count). The van der Waals surface area contributed by atoms with Crippen LogP contribution in [-0.2, 0) is 12.0 Å². The minimum absolute atomic E-state index is 0.0198.